The smallest absolute Gasteiger partial charge is 0.274 e. The zero-order chi connectivity index (χ0) is 19.6. The summed E-state index contributed by atoms with van der Waals surface area (Å²) in [7, 11) is 0. The molecule has 3 heterocycles. The Kier molecular flexibility index (Phi) is 5.11. The number of amides is 2. The van der Waals surface area contributed by atoms with Crippen LogP contribution in [0.25, 0.3) is 0 Å². The average Bonchev–Trinajstić information content (AvgIpc) is 2.76. The predicted octanol–water partition coefficient (Wildman–Crippen LogP) is 2.74. The first-order valence-corrected chi connectivity index (χ1v) is 10.0. The van der Waals surface area contributed by atoms with Gasteiger partial charge in [-0.25, -0.2) is 4.98 Å². The van der Waals surface area contributed by atoms with Crippen molar-refractivity contribution in [1.82, 2.24) is 19.8 Å². The van der Waals surface area contributed by atoms with E-state index in [9.17, 15) is 9.59 Å². The van der Waals surface area contributed by atoms with Gasteiger partial charge in [-0.15, -0.1) is 0 Å². The summed E-state index contributed by atoms with van der Waals surface area (Å²) in [5.41, 5.74) is 1.57. The molecule has 4 rings (SSSR count). The van der Waals surface area contributed by atoms with Gasteiger partial charge in [-0.05, 0) is 37.2 Å². The van der Waals surface area contributed by atoms with Crippen molar-refractivity contribution in [1.29, 1.82) is 0 Å². The number of likely N-dealkylation sites (tertiary alicyclic amines) is 2. The van der Waals surface area contributed by atoms with Crippen molar-refractivity contribution in [3.05, 3.63) is 60.2 Å². The lowest BCUT2D eigenvalue weighted by Gasteiger charge is -2.49. The molecule has 0 saturated carbocycles. The Labute approximate surface area is 165 Å². The normalized spacial score (nSPS) is 21.8. The van der Waals surface area contributed by atoms with Crippen LogP contribution < -0.4 is 0 Å². The number of nitrogens with zero attached hydrogens (tertiary/aromatic N) is 4. The Morgan fingerprint density at radius 1 is 1.18 bits per heavy atom. The molecule has 0 bridgehead atoms. The second-order valence-electron chi connectivity index (χ2n) is 7.90. The number of rotatable bonds is 3. The topological polar surface area (TPSA) is 66.4 Å². The van der Waals surface area contributed by atoms with Gasteiger partial charge in [0.05, 0.1) is 12.1 Å². The highest BCUT2D eigenvalue weighted by Gasteiger charge is 2.46. The number of piperidine rings is 2. The fourth-order valence-corrected chi connectivity index (χ4v) is 4.62. The van der Waals surface area contributed by atoms with Crippen molar-refractivity contribution in [2.24, 2.45) is 5.41 Å². The first-order chi connectivity index (χ1) is 13.6. The summed E-state index contributed by atoms with van der Waals surface area (Å²) in [5.74, 6) is 0.0938. The van der Waals surface area contributed by atoms with Gasteiger partial charge in [-0.2, -0.15) is 0 Å². The summed E-state index contributed by atoms with van der Waals surface area (Å²) >= 11 is 0. The zero-order valence-electron chi connectivity index (χ0n) is 16.3. The van der Waals surface area contributed by atoms with Crippen LogP contribution in [0, 0.1) is 5.41 Å². The highest BCUT2D eigenvalue weighted by atomic mass is 16.2. The van der Waals surface area contributed by atoms with Gasteiger partial charge in [0, 0.05) is 38.6 Å². The molecule has 6 heteroatoms. The van der Waals surface area contributed by atoms with E-state index in [4.69, 9.17) is 0 Å². The highest BCUT2D eigenvalue weighted by molar-refractivity contribution is 5.92. The lowest BCUT2D eigenvalue weighted by molar-refractivity contribution is -0.141. The van der Waals surface area contributed by atoms with Gasteiger partial charge in [-0.1, -0.05) is 30.3 Å². The molecule has 1 atom stereocenters. The second kappa shape index (κ2) is 7.70. The molecule has 2 aliphatic heterocycles. The number of benzene rings is 1. The van der Waals surface area contributed by atoms with E-state index in [1.165, 1.54) is 6.20 Å². The third-order valence-electron chi connectivity index (χ3n) is 6.25. The Hall–Kier alpha value is -2.76. The molecule has 1 spiro atoms. The molecule has 2 aromatic rings. The van der Waals surface area contributed by atoms with Crippen LogP contribution in [0.3, 0.4) is 0 Å². The summed E-state index contributed by atoms with van der Waals surface area (Å²) in [4.78, 5) is 37.7. The third kappa shape index (κ3) is 3.51. The van der Waals surface area contributed by atoms with Gasteiger partial charge in [0.2, 0.25) is 5.91 Å². The molecule has 2 fully saturated rings. The van der Waals surface area contributed by atoms with Gasteiger partial charge in [0.15, 0.2) is 0 Å². The maximum absolute atomic E-state index is 13.0. The minimum Gasteiger partial charge on any atom is -0.342 e. The van der Waals surface area contributed by atoms with E-state index in [1.54, 1.807) is 12.4 Å². The van der Waals surface area contributed by atoms with Crippen molar-refractivity contribution in [2.45, 2.75) is 32.1 Å². The minimum atomic E-state index is -0.0860. The van der Waals surface area contributed by atoms with Crippen LogP contribution in [-0.2, 0) is 4.79 Å². The number of aromatic nitrogens is 2. The van der Waals surface area contributed by atoms with Crippen molar-refractivity contribution in [3.8, 4) is 0 Å². The molecule has 146 valence electrons. The molecular weight excluding hydrogens is 352 g/mol. The van der Waals surface area contributed by atoms with Crippen molar-refractivity contribution >= 4 is 11.8 Å². The van der Waals surface area contributed by atoms with E-state index in [0.29, 0.717) is 18.8 Å². The molecule has 6 nitrogen and oxygen atoms in total. The van der Waals surface area contributed by atoms with Crippen molar-refractivity contribution < 1.29 is 9.59 Å². The number of likely N-dealkylation sites (N-methyl/N-ethyl adjacent to an activating group) is 1. The minimum absolute atomic E-state index is 0.0539. The Morgan fingerprint density at radius 3 is 2.57 bits per heavy atom. The third-order valence-corrected chi connectivity index (χ3v) is 6.25. The largest absolute Gasteiger partial charge is 0.342 e. The molecular formula is C22H26N4O2. The van der Waals surface area contributed by atoms with Crippen LogP contribution in [0.5, 0.6) is 0 Å². The van der Waals surface area contributed by atoms with Gasteiger partial charge in [0.25, 0.3) is 5.91 Å². The van der Waals surface area contributed by atoms with Crippen LogP contribution in [0.15, 0.2) is 48.9 Å². The van der Waals surface area contributed by atoms with E-state index in [-0.39, 0.29) is 23.1 Å². The van der Waals surface area contributed by atoms with E-state index < -0.39 is 0 Å². The molecule has 0 unspecified atom stereocenters. The fourth-order valence-electron chi connectivity index (χ4n) is 4.62. The fraction of sp³-hybridized carbons (Fsp3) is 0.455. The number of hydrogen-bond acceptors (Lipinski definition) is 4. The standard InChI is InChI=1S/C22H26N4O2/c1-2-25-16-22(14-18(20(25)27)17-6-4-3-5-7-17)8-12-26(13-9-22)21(28)19-15-23-10-11-24-19/h3-7,10-11,15,18H,2,8-9,12-14,16H2,1H3/t18-/m0/s1. The van der Waals surface area contributed by atoms with Crippen molar-refractivity contribution in [3.63, 3.8) is 0 Å². The second-order valence-corrected chi connectivity index (χ2v) is 7.90. The lowest BCUT2D eigenvalue weighted by atomic mass is 9.67. The van der Waals surface area contributed by atoms with E-state index >= 15 is 0 Å². The Balaban J connectivity index is 1.50. The van der Waals surface area contributed by atoms with Crippen LogP contribution >= 0.6 is 0 Å². The summed E-state index contributed by atoms with van der Waals surface area (Å²) in [5, 5.41) is 0. The molecule has 1 aromatic carbocycles. The summed E-state index contributed by atoms with van der Waals surface area (Å²) in [6.07, 6.45) is 7.33. The first-order valence-electron chi connectivity index (χ1n) is 10.0. The average molecular weight is 378 g/mol. The molecule has 2 aliphatic rings. The Morgan fingerprint density at radius 2 is 1.93 bits per heavy atom. The lowest BCUT2D eigenvalue weighted by Crippen LogP contribution is -2.54. The van der Waals surface area contributed by atoms with Gasteiger partial charge in [-0.3, -0.25) is 14.6 Å². The summed E-state index contributed by atoms with van der Waals surface area (Å²) in [6, 6.07) is 10.1. The molecule has 28 heavy (non-hydrogen) atoms. The molecule has 0 aliphatic carbocycles. The maximum Gasteiger partial charge on any atom is 0.274 e. The highest BCUT2D eigenvalue weighted by Crippen LogP contribution is 2.45. The van der Waals surface area contributed by atoms with Crippen LogP contribution in [0.2, 0.25) is 0 Å². The monoisotopic (exact) mass is 378 g/mol. The molecule has 2 amide bonds. The summed E-state index contributed by atoms with van der Waals surface area (Å²) in [6.45, 7) is 4.96. The molecule has 2 saturated heterocycles. The molecule has 1 aromatic heterocycles. The number of hydrogen-bond donors (Lipinski definition) is 0. The molecule has 0 N–H and O–H groups in total. The SMILES string of the molecule is CCN1CC2(CCN(C(=O)c3cnccn3)CC2)C[C@@H](c2ccccc2)C1=O. The first kappa shape index (κ1) is 18.6. The van der Waals surface area contributed by atoms with Crippen LogP contribution in [0.4, 0.5) is 0 Å². The Bertz CT molecular complexity index is 832. The van der Waals surface area contributed by atoms with E-state index in [0.717, 1.165) is 37.9 Å². The van der Waals surface area contributed by atoms with E-state index in [1.807, 2.05) is 34.9 Å². The van der Waals surface area contributed by atoms with E-state index in [2.05, 4.69) is 22.1 Å². The summed E-state index contributed by atoms with van der Waals surface area (Å²) < 4.78 is 0. The predicted molar refractivity (Wildman–Crippen MR) is 106 cm³/mol. The van der Waals surface area contributed by atoms with Crippen LogP contribution in [-0.4, -0.2) is 57.8 Å². The van der Waals surface area contributed by atoms with Gasteiger partial charge < -0.3 is 9.80 Å². The maximum atomic E-state index is 13.0. The number of carbonyl (C=O) groups excluding carboxylic acids is 2. The number of carbonyl (C=O) groups is 2. The van der Waals surface area contributed by atoms with Crippen molar-refractivity contribution in [2.75, 3.05) is 26.2 Å². The quantitative estimate of drug-likeness (QED) is 0.824. The molecule has 0 radical (unpaired) electrons. The zero-order valence-corrected chi connectivity index (χ0v) is 16.3. The van der Waals surface area contributed by atoms with Crippen LogP contribution in [0.1, 0.15) is 48.2 Å². The van der Waals surface area contributed by atoms with Gasteiger partial charge >= 0.3 is 0 Å². The van der Waals surface area contributed by atoms with Gasteiger partial charge in [0.1, 0.15) is 5.69 Å².